The molecule has 3 rings (SSSR count). The van der Waals surface area contributed by atoms with E-state index in [0.717, 1.165) is 11.5 Å². The van der Waals surface area contributed by atoms with E-state index < -0.39 is 0 Å². The molecule has 1 aliphatic rings. The summed E-state index contributed by atoms with van der Waals surface area (Å²) in [5.41, 5.74) is 2.95. The van der Waals surface area contributed by atoms with E-state index >= 15 is 0 Å². The summed E-state index contributed by atoms with van der Waals surface area (Å²) in [5, 5.41) is 0. The van der Waals surface area contributed by atoms with Crippen molar-refractivity contribution in [3.05, 3.63) is 57.2 Å². The van der Waals surface area contributed by atoms with Gasteiger partial charge in [-0.25, -0.2) is 0 Å². The Labute approximate surface area is 165 Å². The molecule has 1 fully saturated rings. The molecule has 0 amide bonds. The third-order valence-electron chi connectivity index (χ3n) is 5.21. The van der Waals surface area contributed by atoms with Gasteiger partial charge in [-0.15, -0.1) is 0 Å². The van der Waals surface area contributed by atoms with Crippen LogP contribution in [0.5, 0.6) is 11.5 Å². The van der Waals surface area contributed by atoms with E-state index in [0.29, 0.717) is 13.2 Å². The summed E-state index contributed by atoms with van der Waals surface area (Å²) in [7, 11) is 0. The Bertz CT molecular complexity index is 688. The van der Waals surface area contributed by atoms with Crippen LogP contribution in [0.3, 0.4) is 0 Å². The molecular formula is C22H27IO2. The Hall–Kier alpha value is -1.23. The first-order valence-corrected chi connectivity index (χ1v) is 10.4. The summed E-state index contributed by atoms with van der Waals surface area (Å²) in [5.74, 6) is 1.95. The third-order valence-corrected chi connectivity index (χ3v) is 6.05. The maximum absolute atomic E-state index is 5.74. The zero-order chi connectivity index (χ0) is 17.7. The summed E-state index contributed by atoms with van der Waals surface area (Å²) in [4.78, 5) is 0. The van der Waals surface area contributed by atoms with Crippen molar-refractivity contribution in [3.8, 4) is 11.5 Å². The lowest BCUT2D eigenvalue weighted by Gasteiger charge is -2.39. The molecule has 134 valence electrons. The van der Waals surface area contributed by atoms with Gasteiger partial charge in [-0.3, -0.25) is 0 Å². The van der Waals surface area contributed by atoms with Crippen LogP contribution in [0.4, 0.5) is 0 Å². The van der Waals surface area contributed by atoms with Crippen molar-refractivity contribution in [3.63, 3.8) is 0 Å². The van der Waals surface area contributed by atoms with Gasteiger partial charge < -0.3 is 9.47 Å². The molecule has 0 atom stereocenters. The minimum absolute atomic E-state index is 0.119. The number of rotatable bonds is 6. The highest BCUT2D eigenvalue weighted by Crippen LogP contribution is 2.46. The van der Waals surface area contributed by atoms with Crippen molar-refractivity contribution in [2.24, 2.45) is 0 Å². The molecule has 0 heterocycles. The van der Waals surface area contributed by atoms with E-state index in [1.807, 2.05) is 13.8 Å². The van der Waals surface area contributed by atoms with Gasteiger partial charge in [0.1, 0.15) is 11.5 Å². The fourth-order valence-electron chi connectivity index (χ4n) is 4.01. The molecule has 3 heteroatoms. The number of hydrogen-bond acceptors (Lipinski definition) is 2. The fraction of sp³-hybridized carbons (Fsp3) is 0.455. The van der Waals surface area contributed by atoms with Crippen LogP contribution in [0.2, 0.25) is 0 Å². The largest absolute Gasteiger partial charge is 0.494 e. The van der Waals surface area contributed by atoms with Gasteiger partial charge in [-0.1, -0.05) is 37.5 Å². The van der Waals surface area contributed by atoms with Gasteiger partial charge in [0.2, 0.25) is 0 Å². The van der Waals surface area contributed by atoms with Crippen molar-refractivity contribution in [1.29, 1.82) is 0 Å². The molecular weight excluding hydrogens is 423 g/mol. The second kappa shape index (κ2) is 8.43. The molecule has 25 heavy (non-hydrogen) atoms. The predicted molar refractivity (Wildman–Crippen MR) is 112 cm³/mol. The highest BCUT2D eigenvalue weighted by molar-refractivity contribution is 14.1. The summed E-state index contributed by atoms with van der Waals surface area (Å²) in [6.45, 7) is 5.48. The maximum Gasteiger partial charge on any atom is 0.132 e. The van der Waals surface area contributed by atoms with Gasteiger partial charge >= 0.3 is 0 Å². The van der Waals surface area contributed by atoms with Gasteiger partial charge in [0.05, 0.1) is 16.8 Å². The van der Waals surface area contributed by atoms with Crippen molar-refractivity contribution in [1.82, 2.24) is 0 Å². The van der Waals surface area contributed by atoms with Crippen LogP contribution in [0.25, 0.3) is 0 Å². The maximum atomic E-state index is 5.74. The molecule has 0 saturated heterocycles. The molecule has 0 bridgehead atoms. The van der Waals surface area contributed by atoms with Crippen LogP contribution in [0.1, 0.15) is 57.1 Å². The first kappa shape index (κ1) is 18.6. The molecule has 1 aliphatic carbocycles. The molecule has 0 N–H and O–H groups in total. The van der Waals surface area contributed by atoms with Crippen LogP contribution in [0, 0.1) is 3.57 Å². The van der Waals surface area contributed by atoms with Gasteiger partial charge in [0.25, 0.3) is 0 Å². The van der Waals surface area contributed by atoms with Gasteiger partial charge in [0.15, 0.2) is 0 Å². The van der Waals surface area contributed by atoms with E-state index in [1.165, 1.54) is 46.8 Å². The molecule has 1 saturated carbocycles. The first-order chi connectivity index (χ1) is 12.2. The lowest BCUT2D eigenvalue weighted by Crippen LogP contribution is -2.30. The van der Waals surface area contributed by atoms with Crippen molar-refractivity contribution in [2.45, 2.75) is 51.4 Å². The Morgan fingerprint density at radius 3 is 2.08 bits per heavy atom. The van der Waals surface area contributed by atoms with Gasteiger partial charge in [0, 0.05) is 5.41 Å². The molecule has 0 aliphatic heterocycles. The average Bonchev–Trinajstić information content (AvgIpc) is 2.65. The lowest BCUT2D eigenvalue weighted by atomic mass is 9.65. The first-order valence-electron chi connectivity index (χ1n) is 9.36. The van der Waals surface area contributed by atoms with E-state index in [2.05, 4.69) is 65.1 Å². The summed E-state index contributed by atoms with van der Waals surface area (Å²) in [6, 6.07) is 15.5. The molecule has 0 spiro atoms. The quantitative estimate of drug-likeness (QED) is 0.479. The van der Waals surface area contributed by atoms with Crippen molar-refractivity contribution < 1.29 is 9.47 Å². The van der Waals surface area contributed by atoms with Crippen LogP contribution in [-0.2, 0) is 5.41 Å². The fourth-order valence-corrected chi connectivity index (χ4v) is 4.68. The van der Waals surface area contributed by atoms with E-state index in [4.69, 9.17) is 9.47 Å². The summed E-state index contributed by atoms with van der Waals surface area (Å²) < 4.78 is 12.6. The third kappa shape index (κ3) is 3.97. The second-order valence-electron chi connectivity index (χ2n) is 6.68. The summed E-state index contributed by atoms with van der Waals surface area (Å²) >= 11 is 2.40. The van der Waals surface area contributed by atoms with Gasteiger partial charge in [-0.2, -0.15) is 0 Å². The number of benzene rings is 2. The Balaban J connectivity index is 2.00. The minimum atomic E-state index is 0.119. The normalized spacial score (nSPS) is 16.4. The minimum Gasteiger partial charge on any atom is -0.494 e. The van der Waals surface area contributed by atoms with Crippen molar-refractivity contribution in [2.75, 3.05) is 13.2 Å². The van der Waals surface area contributed by atoms with Crippen LogP contribution in [0.15, 0.2) is 42.5 Å². The average molecular weight is 450 g/mol. The number of halogens is 1. The molecule has 0 unspecified atom stereocenters. The molecule has 2 aromatic rings. The summed E-state index contributed by atoms with van der Waals surface area (Å²) in [6.07, 6.45) is 6.34. The topological polar surface area (TPSA) is 18.5 Å². The molecule has 2 aromatic carbocycles. The SMILES string of the molecule is CCOc1ccc(C2(c3ccc(OCC)c(I)c3)CCCCC2)cc1. The zero-order valence-electron chi connectivity index (χ0n) is 15.2. The van der Waals surface area contributed by atoms with E-state index in [-0.39, 0.29) is 5.41 Å². The molecule has 0 aromatic heterocycles. The second-order valence-corrected chi connectivity index (χ2v) is 7.84. The molecule has 2 nitrogen and oxygen atoms in total. The highest BCUT2D eigenvalue weighted by Gasteiger charge is 2.36. The monoisotopic (exact) mass is 450 g/mol. The van der Waals surface area contributed by atoms with Gasteiger partial charge in [-0.05, 0) is 84.7 Å². The highest BCUT2D eigenvalue weighted by atomic mass is 127. The zero-order valence-corrected chi connectivity index (χ0v) is 17.3. The Kier molecular flexibility index (Phi) is 6.26. The standard InChI is InChI=1S/C22H27IO2/c1-3-24-19-11-8-17(9-12-19)22(14-6-5-7-15-22)18-10-13-21(25-4-2)20(23)16-18/h8-13,16H,3-7,14-15H2,1-2H3. The number of hydrogen-bond donors (Lipinski definition) is 0. The van der Waals surface area contributed by atoms with Crippen LogP contribution >= 0.6 is 22.6 Å². The number of ether oxygens (including phenoxy) is 2. The Morgan fingerprint density at radius 1 is 0.840 bits per heavy atom. The van der Waals surface area contributed by atoms with E-state index in [9.17, 15) is 0 Å². The van der Waals surface area contributed by atoms with Crippen LogP contribution < -0.4 is 9.47 Å². The smallest absolute Gasteiger partial charge is 0.132 e. The molecule has 0 radical (unpaired) electrons. The van der Waals surface area contributed by atoms with Crippen molar-refractivity contribution >= 4 is 22.6 Å². The lowest BCUT2D eigenvalue weighted by molar-refractivity contribution is 0.331. The van der Waals surface area contributed by atoms with E-state index in [1.54, 1.807) is 0 Å². The van der Waals surface area contributed by atoms with Crippen LogP contribution in [-0.4, -0.2) is 13.2 Å². The Morgan fingerprint density at radius 2 is 1.48 bits per heavy atom. The predicted octanol–water partition coefficient (Wildman–Crippen LogP) is 6.34.